The molecular formula is C16H22ClN3O. The Labute approximate surface area is 130 Å². The third kappa shape index (κ3) is 3.22. The molecule has 0 aromatic carbocycles. The minimum atomic E-state index is 0.402. The SMILES string of the molecule is Cc1ccnc2c1nc(CCl)n2CCOC1CCCCC1. The maximum atomic E-state index is 6.03. The Hall–Kier alpha value is -1.13. The number of aryl methyl sites for hydroxylation is 1. The molecule has 1 aliphatic rings. The first-order valence-electron chi connectivity index (χ1n) is 7.78. The molecule has 114 valence electrons. The van der Waals surface area contributed by atoms with Crippen LogP contribution >= 0.6 is 11.6 Å². The molecule has 0 amide bonds. The third-order valence-corrected chi connectivity index (χ3v) is 4.49. The van der Waals surface area contributed by atoms with Crippen molar-refractivity contribution >= 4 is 22.8 Å². The van der Waals surface area contributed by atoms with E-state index in [-0.39, 0.29) is 0 Å². The van der Waals surface area contributed by atoms with Crippen molar-refractivity contribution in [3.8, 4) is 0 Å². The van der Waals surface area contributed by atoms with Crippen LogP contribution in [0.1, 0.15) is 43.5 Å². The van der Waals surface area contributed by atoms with Gasteiger partial charge >= 0.3 is 0 Å². The average Bonchev–Trinajstić information content (AvgIpc) is 2.88. The molecule has 0 radical (unpaired) electrons. The highest BCUT2D eigenvalue weighted by atomic mass is 35.5. The summed E-state index contributed by atoms with van der Waals surface area (Å²) in [7, 11) is 0. The molecule has 1 aliphatic carbocycles. The van der Waals surface area contributed by atoms with Crippen LogP contribution in [-0.2, 0) is 17.2 Å². The molecule has 1 saturated carbocycles. The highest BCUT2D eigenvalue weighted by Gasteiger charge is 2.15. The van der Waals surface area contributed by atoms with Gasteiger partial charge in [-0.3, -0.25) is 0 Å². The van der Waals surface area contributed by atoms with Crippen LogP contribution in [0.15, 0.2) is 12.3 Å². The van der Waals surface area contributed by atoms with E-state index in [0.717, 1.165) is 29.1 Å². The lowest BCUT2D eigenvalue weighted by molar-refractivity contribution is 0.0242. The van der Waals surface area contributed by atoms with Gasteiger partial charge in [0.1, 0.15) is 11.3 Å². The topological polar surface area (TPSA) is 39.9 Å². The van der Waals surface area contributed by atoms with Crippen LogP contribution in [0.25, 0.3) is 11.2 Å². The van der Waals surface area contributed by atoms with Gasteiger partial charge in [0.15, 0.2) is 5.65 Å². The largest absolute Gasteiger partial charge is 0.376 e. The van der Waals surface area contributed by atoms with E-state index in [4.69, 9.17) is 16.3 Å². The maximum Gasteiger partial charge on any atom is 0.160 e. The van der Waals surface area contributed by atoms with Crippen molar-refractivity contribution in [2.24, 2.45) is 0 Å². The third-order valence-electron chi connectivity index (χ3n) is 4.25. The van der Waals surface area contributed by atoms with Crippen LogP contribution in [0.5, 0.6) is 0 Å². The fourth-order valence-electron chi connectivity index (χ4n) is 3.06. The Morgan fingerprint density at radius 1 is 1.33 bits per heavy atom. The normalized spacial score (nSPS) is 16.7. The summed E-state index contributed by atoms with van der Waals surface area (Å²) in [5, 5.41) is 0. The summed E-state index contributed by atoms with van der Waals surface area (Å²) in [4.78, 5) is 9.07. The fourth-order valence-corrected chi connectivity index (χ4v) is 3.27. The lowest BCUT2D eigenvalue weighted by Crippen LogP contribution is -2.19. The molecule has 0 unspecified atom stereocenters. The second-order valence-electron chi connectivity index (χ2n) is 5.74. The molecule has 2 heterocycles. The minimum Gasteiger partial charge on any atom is -0.376 e. The van der Waals surface area contributed by atoms with E-state index in [0.29, 0.717) is 18.6 Å². The molecule has 0 bridgehead atoms. The van der Waals surface area contributed by atoms with Gasteiger partial charge in [-0.15, -0.1) is 11.6 Å². The summed E-state index contributed by atoms with van der Waals surface area (Å²) < 4.78 is 8.11. The number of halogens is 1. The molecule has 21 heavy (non-hydrogen) atoms. The number of hydrogen-bond acceptors (Lipinski definition) is 3. The number of alkyl halides is 1. The van der Waals surface area contributed by atoms with Crippen molar-refractivity contribution < 1.29 is 4.74 Å². The van der Waals surface area contributed by atoms with Gasteiger partial charge in [0.05, 0.1) is 18.6 Å². The highest BCUT2D eigenvalue weighted by Crippen LogP contribution is 2.21. The maximum absolute atomic E-state index is 6.03. The number of aromatic nitrogens is 3. The Balaban J connectivity index is 1.72. The molecule has 5 heteroatoms. The number of nitrogens with zero attached hydrogens (tertiary/aromatic N) is 3. The van der Waals surface area contributed by atoms with Gasteiger partial charge in [0.25, 0.3) is 0 Å². The molecule has 4 nitrogen and oxygen atoms in total. The van der Waals surface area contributed by atoms with Gasteiger partial charge in [-0.25, -0.2) is 9.97 Å². The van der Waals surface area contributed by atoms with Gasteiger partial charge in [-0.2, -0.15) is 0 Å². The van der Waals surface area contributed by atoms with Crippen LogP contribution < -0.4 is 0 Å². The Kier molecular flexibility index (Phi) is 4.76. The first-order chi connectivity index (χ1) is 10.3. The summed E-state index contributed by atoms with van der Waals surface area (Å²) in [5.41, 5.74) is 3.00. The lowest BCUT2D eigenvalue weighted by Gasteiger charge is -2.22. The zero-order chi connectivity index (χ0) is 14.7. The van der Waals surface area contributed by atoms with E-state index in [9.17, 15) is 0 Å². The van der Waals surface area contributed by atoms with Gasteiger partial charge in [0, 0.05) is 12.7 Å². The van der Waals surface area contributed by atoms with Gasteiger partial charge < -0.3 is 9.30 Å². The summed E-state index contributed by atoms with van der Waals surface area (Å²) in [6, 6.07) is 1.98. The molecule has 0 spiro atoms. The van der Waals surface area contributed by atoms with Gasteiger partial charge in [0.2, 0.25) is 0 Å². The molecule has 2 aromatic heterocycles. The molecule has 2 aromatic rings. The fraction of sp³-hybridized carbons (Fsp3) is 0.625. The first kappa shape index (κ1) is 14.8. The van der Waals surface area contributed by atoms with Crippen molar-refractivity contribution in [1.29, 1.82) is 0 Å². The number of hydrogen-bond donors (Lipinski definition) is 0. The molecule has 3 rings (SSSR count). The van der Waals surface area contributed by atoms with Crippen LogP contribution in [0, 0.1) is 6.92 Å². The van der Waals surface area contributed by atoms with E-state index in [2.05, 4.69) is 21.5 Å². The summed E-state index contributed by atoms with van der Waals surface area (Å²) in [6.45, 7) is 3.53. The standard InChI is InChI=1S/C16H22ClN3O/c1-12-7-8-18-16-15(12)19-14(11-17)20(16)9-10-21-13-5-3-2-4-6-13/h7-8,13H,2-6,9-11H2,1H3. The van der Waals surface area contributed by atoms with E-state index >= 15 is 0 Å². The Morgan fingerprint density at radius 2 is 2.14 bits per heavy atom. The van der Waals surface area contributed by atoms with Gasteiger partial charge in [-0.1, -0.05) is 19.3 Å². The minimum absolute atomic E-state index is 0.402. The van der Waals surface area contributed by atoms with E-state index in [1.54, 1.807) is 0 Å². The van der Waals surface area contributed by atoms with E-state index < -0.39 is 0 Å². The lowest BCUT2D eigenvalue weighted by atomic mass is 9.98. The Morgan fingerprint density at radius 3 is 2.90 bits per heavy atom. The Bertz CT molecular complexity index is 605. The second-order valence-corrected chi connectivity index (χ2v) is 6.01. The zero-order valence-electron chi connectivity index (χ0n) is 12.5. The first-order valence-corrected chi connectivity index (χ1v) is 8.31. The van der Waals surface area contributed by atoms with Crippen molar-refractivity contribution in [2.45, 2.75) is 57.6 Å². The summed E-state index contributed by atoms with van der Waals surface area (Å²) in [5.74, 6) is 1.28. The monoisotopic (exact) mass is 307 g/mol. The van der Waals surface area contributed by atoms with Crippen molar-refractivity contribution in [3.63, 3.8) is 0 Å². The smallest absolute Gasteiger partial charge is 0.160 e. The van der Waals surface area contributed by atoms with Crippen molar-refractivity contribution in [3.05, 3.63) is 23.7 Å². The molecule has 0 atom stereocenters. The van der Waals surface area contributed by atoms with E-state index in [1.807, 2.05) is 12.3 Å². The van der Waals surface area contributed by atoms with Crippen LogP contribution in [0.4, 0.5) is 0 Å². The van der Waals surface area contributed by atoms with Crippen molar-refractivity contribution in [2.75, 3.05) is 6.61 Å². The second kappa shape index (κ2) is 6.75. The van der Waals surface area contributed by atoms with Crippen molar-refractivity contribution in [1.82, 2.24) is 14.5 Å². The number of ether oxygens (including phenoxy) is 1. The van der Waals surface area contributed by atoms with Crippen LogP contribution in [0.2, 0.25) is 0 Å². The summed E-state index contributed by atoms with van der Waals surface area (Å²) in [6.07, 6.45) is 8.61. The molecule has 0 saturated heterocycles. The number of pyridine rings is 1. The summed E-state index contributed by atoms with van der Waals surface area (Å²) >= 11 is 6.03. The molecule has 0 N–H and O–H groups in total. The average molecular weight is 308 g/mol. The molecule has 0 aliphatic heterocycles. The van der Waals surface area contributed by atoms with E-state index in [1.165, 1.54) is 32.1 Å². The zero-order valence-corrected chi connectivity index (χ0v) is 13.3. The molecule has 1 fully saturated rings. The number of imidazole rings is 1. The molecular weight excluding hydrogens is 286 g/mol. The van der Waals surface area contributed by atoms with Gasteiger partial charge in [-0.05, 0) is 31.4 Å². The van der Waals surface area contributed by atoms with Crippen LogP contribution in [-0.4, -0.2) is 27.2 Å². The predicted molar refractivity (Wildman–Crippen MR) is 84.6 cm³/mol. The quantitative estimate of drug-likeness (QED) is 0.788. The highest BCUT2D eigenvalue weighted by molar-refractivity contribution is 6.16. The predicted octanol–water partition coefficient (Wildman–Crippen LogP) is 3.83. The number of rotatable bonds is 5. The number of fused-ring (bicyclic) bond motifs is 1. The van der Waals surface area contributed by atoms with Crippen LogP contribution in [0.3, 0.4) is 0 Å².